The van der Waals surface area contributed by atoms with Crippen LogP contribution in [0.4, 0.5) is 0 Å². The first-order valence-electron chi connectivity index (χ1n) is 8.57. The molecule has 1 aliphatic heterocycles. The third-order valence-electron chi connectivity index (χ3n) is 4.36. The molecule has 0 unspecified atom stereocenters. The summed E-state index contributed by atoms with van der Waals surface area (Å²) in [5.41, 5.74) is 0.461. The molecule has 0 saturated carbocycles. The van der Waals surface area contributed by atoms with Gasteiger partial charge < -0.3 is 9.64 Å². The van der Waals surface area contributed by atoms with Crippen LogP contribution < -0.4 is 9.46 Å². The number of aromatic amines is 1. The highest BCUT2D eigenvalue weighted by molar-refractivity contribution is 7.92. The van der Waals surface area contributed by atoms with E-state index in [1.54, 1.807) is 11.0 Å². The lowest BCUT2D eigenvalue weighted by Crippen LogP contribution is -2.47. The van der Waals surface area contributed by atoms with Gasteiger partial charge in [-0.15, -0.1) is 10.2 Å². The Morgan fingerprint density at radius 3 is 2.69 bits per heavy atom. The van der Waals surface area contributed by atoms with E-state index in [2.05, 4.69) is 31.9 Å². The zero-order chi connectivity index (χ0) is 21.0. The highest BCUT2D eigenvalue weighted by Gasteiger charge is 2.25. The topological polar surface area (TPSA) is 130 Å². The summed E-state index contributed by atoms with van der Waals surface area (Å²) >= 11 is 12.3. The summed E-state index contributed by atoms with van der Waals surface area (Å²) in [6, 6.07) is 2.79. The Kier molecular flexibility index (Phi) is 6.73. The zero-order valence-electron chi connectivity index (χ0n) is 15.1. The van der Waals surface area contributed by atoms with E-state index in [9.17, 15) is 13.2 Å². The second-order valence-electron chi connectivity index (χ2n) is 6.27. The fourth-order valence-corrected chi connectivity index (χ4v) is 4.16. The van der Waals surface area contributed by atoms with Crippen molar-refractivity contribution < 1.29 is 17.9 Å². The van der Waals surface area contributed by atoms with Crippen LogP contribution in [-0.4, -0.2) is 65.6 Å². The molecule has 0 atom stereocenters. The van der Waals surface area contributed by atoms with E-state index in [4.69, 9.17) is 27.9 Å². The number of H-pyrrole nitrogens is 1. The smallest absolute Gasteiger partial charge is 0.260 e. The van der Waals surface area contributed by atoms with Gasteiger partial charge in [0.2, 0.25) is 15.8 Å². The monoisotopic (exact) mass is 460 g/mol. The number of carbonyl (C=O) groups is 1. The molecule has 10 nitrogen and oxygen atoms in total. The zero-order valence-corrected chi connectivity index (χ0v) is 17.5. The van der Waals surface area contributed by atoms with Crippen LogP contribution in [0.2, 0.25) is 10.0 Å². The molecule has 1 amide bonds. The molecule has 13 heteroatoms. The van der Waals surface area contributed by atoms with E-state index in [0.29, 0.717) is 36.5 Å². The molecule has 2 N–H and O–H groups in total. The largest absolute Gasteiger partial charge is 0.482 e. The van der Waals surface area contributed by atoms with Gasteiger partial charge in [-0.25, -0.2) is 13.1 Å². The van der Waals surface area contributed by atoms with Crippen molar-refractivity contribution in [2.45, 2.75) is 18.9 Å². The number of ether oxygens (including phenoxy) is 1. The van der Waals surface area contributed by atoms with Crippen molar-refractivity contribution >= 4 is 39.1 Å². The molecular formula is C16H18Cl2N6O4S. The van der Waals surface area contributed by atoms with Crippen LogP contribution in [0.15, 0.2) is 24.1 Å². The number of rotatable bonds is 7. The third-order valence-corrected chi connectivity index (χ3v) is 6.07. The number of piperidine rings is 1. The number of benzene rings is 1. The average molecular weight is 461 g/mol. The number of hydrogen-bond donors (Lipinski definition) is 2. The predicted octanol–water partition coefficient (Wildman–Crippen LogP) is 1.61. The number of hydrogen-bond acceptors (Lipinski definition) is 7. The summed E-state index contributed by atoms with van der Waals surface area (Å²) in [5, 5.41) is 15.0. The molecule has 0 spiro atoms. The number of nitrogens with one attached hydrogen (secondary N) is 2. The molecule has 1 aliphatic rings. The molecule has 2 heterocycles. The fourth-order valence-electron chi connectivity index (χ4n) is 2.84. The van der Waals surface area contributed by atoms with Crippen molar-refractivity contribution in [3.8, 4) is 17.1 Å². The number of nitrogens with zero attached hydrogens (tertiary/aromatic N) is 4. The molecule has 1 fully saturated rings. The quantitative estimate of drug-likeness (QED) is 0.641. The van der Waals surface area contributed by atoms with Crippen molar-refractivity contribution in [2.75, 3.05) is 19.7 Å². The lowest BCUT2D eigenvalue weighted by atomic mass is 10.1. The number of amides is 1. The summed E-state index contributed by atoms with van der Waals surface area (Å²) in [7, 11) is -3.49. The third kappa shape index (κ3) is 5.44. The van der Waals surface area contributed by atoms with Crippen LogP contribution in [0.25, 0.3) is 11.4 Å². The summed E-state index contributed by atoms with van der Waals surface area (Å²) in [6.45, 7) is 3.86. The van der Waals surface area contributed by atoms with Crippen LogP contribution in [0.1, 0.15) is 12.8 Å². The summed E-state index contributed by atoms with van der Waals surface area (Å²) in [6.07, 6.45) is 1.00. The van der Waals surface area contributed by atoms with Crippen LogP contribution >= 0.6 is 23.2 Å². The number of sulfonamides is 1. The summed E-state index contributed by atoms with van der Waals surface area (Å²) < 4.78 is 31.2. The molecule has 0 bridgehead atoms. The molecular weight excluding hydrogens is 443 g/mol. The summed E-state index contributed by atoms with van der Waals surface area (Å²) in [5.74, 6) is 0.298. The van der Waals surface area contributed by atoms with E-state index >= 15 is 0 Å². The molecule has 3 rings (SSSR count). The Hall–Kier alpha value is -2.21. The minimum atomic E-state index is -3.49. The van der Waals surface area contributed by atoms with Gasteiger partial charge in [0.1, 0.15) is 5.75 Å². The average Bonchev–Trinajstić information content (AvgIpc) is 3.22. The second kappa shape index (κ2) is 9.08. The van der Waals surface area contributed by atoms with Gasteiger partial charge >= 0.3 is 0 Å². The van der Waals surface area contributed by atoms with Gasteiger partial charge in [-0.3, -0.25) is 4.79 Å². The van der Waals surface area contributed by atoms with Crippen molar-refractivity contribution in [3.05, 3.63) is 34.2 Å². The molecule has 156 valence electrons. The lowest BCUT2D eigenvalue weighted by molar-refractivity contribution is -0.134. The van der Waals surface area contributed by atoms with Crippen LogP contribution in [0, 0.1) is 0 Å². The van der Waals surface area contributed by atoms with Gasteiger partial charge in [-0.05, 0) is 30.2 Å². The van der Waals surface area contributed by atoms with Crippen molar-refractivity contribution in [2.24, 2.45) is 0 Å². The first kappa shape index (κ1) is 21.5. The van der Waals surface area contributed by atoms with Gasteiger partial charge in [0, 0.05) is 30.1 Å². The van der Waals surface area contributed by atoms with Crippen LogP contribution in [0.5, 0.6) is 5.75 Å². The Bertz CT molecular complexity index is 991. The van der Waals surface area contributed by atoms with E-state index < -0.39 is 10.0 Å². The van der Waals surface area contributed by atoms with Gasteiger partial charge in [0.25, 0.3) is 5.91 Å². The first-order valence-corrected chi connectivity index (χ1v) is 10.9. The molecule has 1 saturated heterocycles. The standard InChI is InChI=1S/C16H18Cl2N6O4S/c1-2-29(26,27)21-10-3-5-24(6-4-10)15(25)9-28-14-7-11(12(17)8-13(14)18)16-19-22-23-20-16/h2,7-8,10,21H,1,3-6,9H2,(H,19,20,22,23). The molecule has 2 aromatic rings. The Balaban J connectivity index is 1.58. The predicted molar refractivity (Wildman–Crippen MR) is 107 cm³/mol. The van der Waals surface area contributed by atoms with Crippen molar-refractivity contribution in [1.82, 2.24) is 30.2 Å². The maximum absolute atomic E-state index is 12.4. The summed E-state index contributed by atoms with van der Waals surface area (Å²) in [4.78, 5) is 14.1. The number of likely N-dealkylation sites (tertiary alicyclic amines) is 1. The van der Waals surface area contributed by atoms with Crippen LogP contribution in [0.3, 0.4) is 0 Å². The Labute approximate surface area is 177 Å². The molecule has 29 heavy (non-hydrogen) atoms. The van der Waals surface area contributed by atoms with E-state index in [1.807, 2.05) is 0 Å². The number of tetrazole rings is 1. The fraction of sp³-hybridized carbons (Fsp3) is 0.375. The Morgan fingerprint density at radius 2 is 2.07 bits per heavy atom. The van der Waals surface area contributed by atoms with E-state index in [-0.39, 0.29) is 35.2 Å². The molecule has 0 radical (unpaired) electrons. The van der Waals surface area contributed by atoms with Crippen LogP contribution in [-0.2, 0) is 14.8 Å². The van der Waals surface area contributed by atoms with E-state index in [1.165, 1.54) is 6.07 Å². The SMILES string of the molecule is C=CS(=O)(=O)NC1CCN(C(=O)COc2cc(-c3nn[nH]n3)c(Cl)cc2Cl)CC1. The number of carbonyl (C=O) groups excluding carboxylic acids is 1. The van der Waals surface area contributed by atoms with Gasteiger partial charge in [0.05, 0.1) is 10.0 Å². The van der Waals surface area contributed by atoms with Crippen molar-refractivity contribution in [3.63, 3.8) is 0 Å². The van der Waals surface area contributed by atoms with E-state index in [0.717, 1.165) is 5.41 Å². The molecule has 1 aromatic heterocycles. The minimum Gasteiger partial charge on any atom is -0.482 e. The highest BCUT2D eigenvalue weighted by atomic mass is 35.5. The number of halogens is 2. The van der Waals surface area contributed by atoms with Gasteiger partial charge in [0.15, 0.2) is 6.61 Å². The number of aromatic nitrogens is 4. The lowest BCUT2D eigenvalue weighted by Gasteiger charge is -2.32. The maximum atomic E-state index is 12.4. The highest BCUT2D eigenvalue weighted by Crippen LogP contribution is 2.35. The molecule has 0 aliphatic carbocycles. The normalized spacial score (nSPS) is 15.3. The van der Waals surface area contributed by atoms with Gasteiger partial charge in [-0.1, -0.05) is 29.8 Å². The Morgan fingerprint density at radius 1 is 1.34 bits per heavy atom. The maximum Gasteiger partial charge on any atom is 0.260 e. The molecule has 1 aromatic carbocycles. The first-order chi connectivity index (χ1) is 13.8. The van der Waals surface area contributed by atoms with Crippen molar-refractivity contribution in [1.29, 1.82) is 0 Å². The second-order valence-corrected chi connectivity index (χ2v) is 8.74. The van der Waals surface area contributed by atoms with Gasteiger partial charge in [-0.2, -0.15) is 5.21 Å². The minimum absolute atomic E-state index is 0.226.